The number of aromatic nitrogens is 2. The van der Waals surface area contributed by atoms with Gasteiger partial charge in [0.25, 0.3) is 0 Å². The zero-order chi connectivity index (χ0) is 26.9. The van der Waals surface area contributed by atoms with Crippen LogP contribution in [0.25, 0.3) is 11.3 Å². The van der Waals surface area contributed by atoms with Gasteiger partial charge in [-0.05, 0) is 60.4 Å². The van der Waals surface area contributed by atoms with E-state index >= 15 is 0 Å². The standard InChI is InChI=1S/C31H28F3N3O2/c32-31(33,34)29-36-16-17-37(29)25-12-13-27(38-20-22-8-3-1-4-9-22)26(18-25)24-19-30(39-21-24)14-7-15-35-28(30)23-10-5-2-6-11-23/h1-6,8-13,16-19,28,35H,7,14-15,20-21H2/t28-,30-/m0/s1. The lowest BCUT2D eigenvalue weighted by Gasteiger charge is -2.40. The first kappa shape index (κ1) is 25.4. The van der Waals surface area contributed by atoms with E-state index in [0.717, 1.165) is 46.9 Å². The SMILES string of the molecule is FC(F)(F)c1nccn1-c1ccc(OCc2ccccc2)c(C2=C[C@]3(CCCN[C@H]3c3ccccc3)OC2)c1. The van der Waals surface area contributed by atoms with Gasteiger partial charge in [-0.2, -0.15) is 13.2 Å². The molecule has 0 saturated carbocycles. The molecule has 2 aliphatic heterocycles. The molecule has 5 nitrogen and oxygen atoms in total. The predicted octanol–water partition coefficient (Wildman–Crippen LogP) is 6.75. The van der Waals surface area contributed by atoms with Gasteiger partial charge in [0.05, 0.1) is 12.6 Å². The largest absolute Gasteiger partial charge is 0.488 e. The van der Waals surface area contributed by atoms with Crippen LogP contribution in [0, 0.1) is 0 Å². The quantitative estimate of drug-likeness (QED) is 0.299. The normalized spacial score (nSPS) is 21.2. The molecule has 1 spiro atoms. The summed E-state index contributed by atoms with van der Waals surface area (Å²) < 4.78 is 54.8. The van der Waals surface area contributed by atoms with Crippen LogP contribution in [0.5, 0.6) is 5.75 Å². The smallest absolute Gasteiger partial charge is 0.450 e. The van der Waals surface area contributed by atoms with Gasteiger partial charge in [-0.15, -0.1) is 0 Å². The average molecular weight is 532 g/mol. The molecular formula is C31H28F3N3O2. The summed E-state index contributed by atoms with van der Waals surface area (Å²) in [5, 5.41) is 3.62. The fourth-order valence-corrected chi connectivity index (χ4v) is 5.53. The van der Waals surface area contributed by atoms with E-state index in [-0.39, 0.29) is 6.04 Å². The monoisotopic (exact) mass is 531 g/mol. The Kier molecular flexibility index (Phi) is 6.74. The van der Waals surface area contributed by atoms with Crippen LogP contribution in [-0.4, -0.2) is 28.3 Å². The van der Waals surface area contributed by atoms with Gasteiger partial charge >= 0.3 is 6.18 Å². The summed E-state index contributed by atoms with van der Waals surface area (Å²) in [6.45, 7) is 1.54. The number of hydrogen-bond donors (Lipinski definition) is 1. The van der Waals surface area contributed by atoms with E-state index in [9.17, 15) is 13.2 Å². The van der Waals surface area contributed by atoms with Crippen LogP contribution in [0.2, 0.25) is 0 Å². The highest BCUT2D eigenvalue weighted by atomic mass is 19.4. The number of ether oxygens (including phenoxy) is 2. The molecule has 8 heteroatoms. The Balaban J connectivity index is 1.41. The minimum atomic E-state index is -4.58. The van der Waals surface area contributed by atoms with Crippen molar-refractivity contribution in [2.45, 2.75) is 37.3 Å². The number of halogens is 3. The molecular weight excluding hydrogens is 503 g/mol. The molecule has 0 amide bonds. The van der Waals surface area contributed by atoms with E-state index < -0.39 is 17.6 Å². The predicted molar refractivity (Wildman–Crippen MR) is 142 cm³/mol. The number of nitrogens with zero attached hydrogens (tertiary/aromatic N) is 2. The van der Waals surface area contributed by atoms with Gasteiger partial charge in [0.2, 0.25) is 5.82 Å². The second kappa shape index (κ2) is 10.4. The number of alkyl halides is 3. The Hall–Kier alpha value is -3.88. The van der Waals surface area contributed by atoms with Crippen molar-refractivity contribution in [1.29, 1.82) is 0 Å². The van der Waals surface area contributed by atoms with Crippen LogP contribution in [0.3, 0.4) is 0 Å². The maximum absolute atomic E-state index is 13.7. The van der Waals surface area contributed by atoms with Gasteiger partial charge in [-0.25, -0.2) is 4.98 Å². The Bertz CT molecular complexity index is 1470. The highest BCUT2D eigenvalue weighted by Gasteiger charge is 2.45. The Morgan fingerprint density at radius 1 is 1.03 bits per heavy atom. The summed E-state index contributed by atoms with van der Waals surface area (Å²) >= 11 is 0. The number of hydrogen-bond acceptors (Lipinski definition) is 4. The maximum atomic E-state index is 13.7. The molecule has 0 bridgehead atoms. The van der Waals surface area contributed by atoms with E-state index in [4.69, 9.17) is 9.47 Å². The van der Waals surface area contributed by atoms with Crippen molar-refractivity contribution in [3.63, 3.8) is 0 Å². The first-order valence-corrected chi connectivity index (χ1v) is 13.0. The molecule has 1 saturated heterocycles. The van der Waals surface area contributed by atoms with Gasteiger partial charge in [-0.1, -0.05) is 60.7 Å². The van der Waals surface area contributed by atoms with Crippen LogP contribution < -0.4 is 10.1 Å². The number of benzene rings is 3. The number of nitrogens with one attached hydrogen (secondary N) is 1. The second-order valence-corrected chi connectivity index (χ2v) is 9.89. The maximum Gasteiger partial charge on any atom is 0.450 e. The zero-order valence-corrected chi connectivity index (χ0v) is 21.2. The molecule has 2 atom stereocenters. The molecule has 4 aromatic rings. The fourth-order valence-electron chi connectivity index (χ4n) is 5.53. The van der Waals surface area contributed by atoms with Crippen LogP contribution in [0.1, 0.15) is 41.4 Å². The van der Waals surface area contributed by atoms with Crippen molar-refractivity contribution in [3.05, 3.63) is 120 Å². The minimum absolute atomic E-state index is 0.0349. The summed E-state index contributed by atoms with van der Waals surface area (Å²) in [5.74, 6) is -0.386. The summed E-state index contributed by atoms with van der Waals surface area (Å²) in [4.78, 5) is 3.56. The van der Waals surface area contributed by atoms with E-state index in [0.29, 0.717) is 30.2 Å². The highest BCUT2D eigenvalue weighted by molar-refractivity contribution is 5.75. The molecule has 0 aliphatic carbocycles. The third-order valence-electron chi connectivity index (χ3n) is 7.35. The lowest BCUT2D eigenvalue weighted by atomic mass is 9.81. The van der Waals surface area contributed by atoms with Crippen LogP contribution in [-0.2, 0) is 17.5 Å². The molecule has 200 valence electrons. The lowest BCUT2D eigenvalue weighted by Crippen LogP contribution is -2.47. The highest BCUT2D eigenvalue weighted by Crippen LogP contribution is 2.45. The third-order valence-corrected chi connectivity index (χ3v) is 7.35. The molecule has 6 rings (SSSR count). The van der Waals surface area contributed by atoms with E-state index in [1.54, 1.807) is 18.2 Å². The van der Waals surface area contributed by atoms with Crippen LogP contribution in [0.15, 0.2) is 97.3 Å². The molecule has 3 heterocycles. The topological polar surface area (TPSA) is 48.3 Å². The first-order valence-electron chi connectivity index (χ1n) is 13.0. The molecule has 0 unspecified atom stereocenters. The van der Waals surface area contributed by atoms with Gasteiger partial charge < -0.3 is 14.8 Å². The van der Waals surface area contributed by atoms with E-state index in [1.165, 1.54) is 6.20 Å². The lowest BCUT2D eigenvalue weighted by molar-refractivity contribution is -0.145. The Morgan fingerprint density at radius 3 is 2.56 bits per heavy atom. The Morgan fingerprint density at radius 2 is 1.79 bits per heavy atom. The van der Waals surface area contributed by atoms with Crippen LogP contribution in [0.4, 0.5) is 13.2 Å². The number of imidazole rings is 1. The van der Waals surface area contributed by atoms with Crippen molar-refractivity contribution in [1.82, 2.24) is 14.9 Å². The summed E-state index contributed by atoms with van der Waals surface area (Å²) in [6, 6.07) is 25.0. The molecule has 1 fully saturated rings. The van der Waals surface area contributed by atoms with Gasteiger partial charge in [0, 0.05) is 23.6 Å². The summed E-state index contributed by atoms with van der Waals surface area (Å²) in [6.07, 6.45) is 1.83. The van der Waals surface area contributed by atoms with E-state index in [1.807, 2.05) is 48.5 Å². The molecule has 1 aromatic heterocycles. The van der Waals surface area contributed by atoms with Crippen molar-refractivity contribution in [2.75, 3.05) is 13.2 Å². The third kappa shape index (κ3) is 5.10. The van der Waals surface area contributed by atoms with Crippen molar-refractivity contribution in [3.8, 4) is 11.4 Å². The second-order valence-electron chi connectivity index (χ2n) is 9.89. The molecule has 2 aliphatic rings. The molecule has 0 radical (unpaired) electrons. The van der Waals surface area contributed by atoms with Crippen LogP contribution >= 0.6 is 0 Å². The van der Waals surface area contributed by atoms with Gasteiger partial charge in [-0.3, -0.25) is 4.57 Å². The average Bonchev–Trinajstić information content (AvgIpc) is 3.62. The first-order chi connectivity index (χ1) is 18.9. The number of rotatable bonds is 6. The molecule has 39 heavy (non-hydrogen) atoms. The van der Waals surface area contributed by atoms with Crippen molar-refractivity contribution >= 4 is 5.57 Å². The zero-order valence-electron chi connectivity index (χ0n) is 21.2. The molecule has 3 aromatic carbocycles. The van der Waals surface area contributed by atoms with Crippen molar-refractivity contribution in [2.24, 2.45) is 0 Å². The number of piperidine rings is 1. The van der Waals surface area contributed by atoms with Gasteiger partial charge in [0.15, 0.2) is 0 Å². The van der Waals surface area contributed by atoms with Gasteiger partial charge in [0.1, 0.15) is 18.0 Å². The van der Waals surface area contributed by atoms with E-state index in [2.05, 4.69) is 28.5 Å². The summed E-state index contributed by atoms with van der Waals surface area (Å²) in [5.41, 5.74) is 3.52. The fraction of sp³-hybridized carbons (Fsp3) is 0.258. The Labute approximate surface area is 224 Å². The summed E-state index contributed by atoms with van der Waals surface area (Å²) in [7, 11) is 0. The minimum Gasteiger partial charge on any atom is -0.488 e. The molecule has 1 N–H and O–H groups in total. The van der Waals surface area contributed by atoms with Crippen molar-refractivity contribution < 1.29 is 22.6 Å².